The molecular weight excluding hydrogens is 332 g/mol. The van der Waals surface area contributed by atoms with Gasteiger partial charge in [-0.15, -0.1) is 21.5 Å². The molecule has 2 heterocycles. The maximum atomic E-state index is 11.9. The van der Waals surface area contributed by atoms with E-state index in [2.05, 4.69) is 20.5 Å². The number of hydrogen-bond acceptors (Lipinski definition) is 7. The first-order chi connectivity index (χ1) is 11.1. The molecule has 0 saturated heterocycles. The Morgan fingerprint density at radius 3 is 2.96 bits per heavy atom. The summed E-state index contributed by atoms with van der Waals surface area (Å²) in [7, 11) is 0. The Morgan fingerprint density at radius 1 is 1.35 bits per heavy atom. The predicted molar refractivity (Wildman–Crippen MR) is 90.7 cm³/mol. The summed E-state index contributed by atoms with van der Waals surface area (Å²) < 4.78 is 5.58. The Hall–Kier alpha value is -2.19. The number of benzene rings is 1. The van der Waals surface area contributed by atoms with E-state index in [9.17, 15) is 4.79 Å². The summed E-state index contributed by atoms with van der Waals surface area (Å²) >= 11 is 2.60. The molecule has 6 nitrogen and oxygen atoms in total. The molecule has 0 aliphatic rings. The van der Waals surface area contributed by atoms with Crippen LogP contribution in [-0.2, 0) is 4.79 Å². The number of thiazole rings is 1. The minimum Gasteiger partial charge on any atom is -0.411 e. The van der Waals surface area contributed by atoms with E-state index in [0.717, 1.165) is 16.8 Å². The zero-order chi connectivity index (χ0) is 16.2. The van der Waals surface area contributed by atoms with E-state index in [1.165, 1.54) is 23.1 Å². The number of thioether (sulfide) groups is 1. The van der Waals surface area contributed by atoms with Crippen LogP contribution in [0.5, 0.6) is 0 Å². The number of amides is 1. The predicted octanol–water partition coefficient (Wildman–Crippen LogP) is 3.54. The summed E-state index contributed by atoms with van der Waals surface area (Å²) in [5, 5.41) is 13.6. The van der Waals surface area contributed by atoms with E-state index in [1.54, 1.807) is 0 Å². The lowest BCUT2D eigenvalue weighted by Gasteiger charge is -1.99. The average Bonchev–Trinajstić information content (AvgIpc) is 3.14. The third-order valence-electron chi connectivity index (χ3n) is 2.86. The molecule has 0 bridgehead atoms. The van der Waals surface area contributed by atoms with Crippen LogP contribution in [0.2, 0.25) is 0 Å². The number of nitrogens with zero attached hydrogens (tertiary/aromatic N) is 3. The van der Waals surface area contributed by atoms with Gasteiger partial charge in [0.15, 0.2) is 5.13 Å². The average molecular weight is 346 g/mol. The van der Waals surface area contributed by atoms with Crippen molar-refractivity contribution in [2.75, 3.05) is 11.1 Å². The first-order valence-electron chi connectivity index (χ1n) is 6.85. The fraction of sp³-hybridized carbons (Fsp3) is 0.200. The Labute approximate surface area is 141 Å². The molecule has 0 aliphatic carbocycles. The highest BCUT2D eigenvalue weighted by molar-refractivity contribution is 7.99. The van der Waals surface area contributed by atoms with Crippen molar-refractivity contribution in [2.24, 2.45) is 0 Å². The van der Waals surface area contributed by atoms with Crippen LogP contribution < -0.4 is 5.32 Å². The summed E-state index contributed by atoms with van der Waals surface area (Å²) in [4.78, 5) is 16.0. The zero-order valence-corrected chi connectivity index (χ0v) is 14.2. The highest BCUT2D eigenvalue weighted by Crippen LogP contribution is 2.24. The highest BCUT2D eigenvalue weighted by atomic mass is 32.2. The summed E-state index contributed by atoms with van der Waals surface area (Å²) in [5.41, 5.74) is 2.87. The number of hydrogen-bond donors (Lipinski definition) is 1. The smallest absolute Gasteiger partial charge is 0.277 e. The van der Waals surface area contributed by atoms with Crippen molar-refractivity contribution in [1.29, 1.82) is 0 Å². The molecule has 3 rings (SSSR count). The number of rotatable bonds is 5. The van der Waals surface area contributed by atoms with E-state index in [0.29, 0.717) is 16.2 Å². The van der Waals surface area contributed by atoms with Crippen LogP contribution in [0.3, 0.4) is 0 Å². The van der Waals surface area contributed by atoms with Crippen molar-refractivity contribution >= 4 is 34.1 Å². The van der Waals surface area contributed by atoms with E-state index < -0.39 is 0 Å². The standard InChI is InChI=1S/C15H14N4O2S2/c1-9-4-3-5-11(6-9)13-18-19-15(21-13)23-8-12(20)17-14-16-10(2)7-22-14/h3-7H,8H2,1-2H3,(H,16,17,20). The number of carbonyl (C=O) groups excluding carboxylic acids is 1. The monoisotopic (exact) mass is 346 g/mol. The van der Waals surface area contributed by atoms with Gasteiger partial charge in [0, 0.05) is 10.9 Å². The third kappa shape index (κ3) is 4.17. The number of aryl methyl sites for hydroxylation is 2. The fourth-order valence-electron chi connectivity index (χ4n) is 1.86. The number of nitrogens with one attached hydrogen (secondary N) is 1. The van der Waals surface area contributed by atoms with Gasteiger partial charge >= 0.3 is 0 Å². The summed E-state index contributed by atoms with van der Waals surface area (Å²) in [6.45, 7) is 3.88. The normalized spacial score (nSPS) is 10.7. The summed E-state index contributed by atoms with van der Waals surface area (Å²) in [6.07, 6.45) is 0. The van der Waals surface area contributed by atoms with Crippen LogP contribution in [0.4, 0.5) is 5.13 Å². The molecular formula is C15H14N4O2S2. The molecule has 0 aliphatic heterocycles. The quantitative estimate of drug-likeness (QED) is 0.712. The van der Waals surface area contributed by atoms with Crippen molar-refractivity contribution in [3.63, 3.8) is 0 Å². The molecule has 118 valence electrons. The van der Waals surface area contributed by atoms with Crippen LogP contribution in [0.25, 0.3) is 11.5 Å². The van der Waals surface area contributed by atoms with Gasteiger partial charge in [0.2, 0.25) is 11.8 Å². The minimum absolute atomic E-state index is 0.153. The molecule has 1 amide bonds. The first kappa shape index (κ1) is 15.7. The Bertz CT molecular complexity index is 828. The highest BCUT2D eigenvalue weighted by Gasteiger charge is 2.12. The second kappa shape index (κ2) is 6.93. The molecule has 2 aromatic heterocycles. The maximum Gasteiger partial charge on any atom is 0.277 e. The minimum atomic E-state index is -0.153. The summed E-state index contributed by atoms with van der Waals surface area (Å²) in [6, 6.07) is 7.82. The van der Waals surface area contributed by atoms with E-state index in [-0.39, 0.29) is 11.7 Å². The zero-order valence-electron chi connectivity index (χ0n) is 12.6. The van der Waals surface area contributed by atoms with Crippen molar-refractivity contribution in [2.45, 2.75) is 19.1 Å². The Kier molecular flexibility index (Phi) is 4.73. The van der Waals surface area contributed by atoms with Crippen LogP contribution in [0.15, 0.2) is 39.3 Å². The van der Waals surface area contributed by atoms with Crippen LogP contribution in [0.1, 0.15) is 11.3 Å². The van der Waals surface area contributed by atoms with Crippen LogP contribution in [-0.4, -0.2) is 26.8 Å². The molecule has 0 spiro atoms. The molecule has 0 fully saturated rings. The van der Waals surface area contributed by atoms with Crippen LogP contribution in [0, 0.1) is 13.8 Å². The lowest BCUT2D eigenvalue weighted by atomic mass is 10.1. The molecule has 0 radical (unpaired) electrons. The largest absolute Gasteiger partial charge is 0.411 e. The topological polar surface area (TPSA) is 80.9 Å². The lowest BCUT2D eigenvalue weighted by Crippen LogP contribution is -2.13. The lowest BCUT2D eigenvalue weighted by molar-refractivity contribution is -0.113. The SMILES string of the molecule is Cc1cccc(-c2nnc(SCC(=O)Nc3nc(C)cs3)o2)c1. The first-order valence-corrected chi connectivity index (χ1v) is 8.72. The summed E-state index contributed by atoms with van der Waals surface area (Å²) in [5.74, 6) is 0.487. The van der Waals surface area contributed by atoms with Crippen molar-refractivity contribution in [1.82, 2.24) is 15.2 Å². The second-order valence-corrected chi connectivity index (χ2v) is 6.66. The van der Waals surface area contributed by atoms with Gasteiger partial charge in [0.1, 0.15) is 0 Å². The van der Waals surface area contributed by atoms with Gasteiger partial charge in [0.25, 0.3) is 5.22 Å². The molecule has 23 heavy (non-hydrogen) atoms. The van der Waals surface area contributed by atoms with Gasteiger partial charge in [-0.3, -0.25) is 4.79 Å². The molecule has 1 N–H and O–H groups in total. The van der Waals surface area contributed by atoms with E-state index in [1.807, 2.05) is 43.5 Å². The van der Waals surface area contributed by atoms with Crippen molar-refractivity contribution in [3.8, 4) is 11.5 Å². The van der Waals surface area contributed by atoms with E-state index in [4.69, 9.17) is 4.42 Å². The van der Waals surface area contributed by atoms with Crippen molar-refractivity contribution < 1.29 is 9.21 Å². The Morgan fingerprint density at radius 2 is 2.22 bits per heavy atom. The maximum absolute atomic E-state index is 11.9. The number of aromatic nitrogens is 3. The molecule has 3 aromatic rings. The third-order valence-corrected chi connectivity index (χ3v) is 4.56. The molecule has 8 heteroatoms. The number of carbonyl (C=O) groups is 1. The van der Waals surface area contributed by atoms with Crippen molar-refractivity contribution in [3.05, 3.63) is 40.9 Å². The van der Waals surface area contributed by atoms with Gasteiger partial charge in [-0.05, 0) is 26.0 Å². The van der Waals surface area contributed by atoms with Crippen LogP contribution >= 0.6 is 23.1 Å². The van der Waals surface area contributed by atoms with Gasteiger partial charge in [-0.25, -0.2) is 4.98 Å². The molecule has 0 unspecified atom stereocenters. The van der Waals surface area contributed by atoms with Gasteiger partial charge < -0.3 is 9.73 Å². The van der Waals surface area contributed by atoms with Gasteiger partial charge in [0.05, 0.1) is 11.4 Å². The second-order valence-electron chi connectivity index (χ2n) is 4.87. The molecule has 1 aromatic carbocycles. The Balaban J connectivity index is 1.58. The number of anilines is 1. The molecule has 0 saturated carbocycles. The fourth-order valence-corrected chi connectivity index (χ4v) is 3.12. The van der Waals surface area contributed by atoms with E-state index >= 15 is 0 Å². The van der Waals surface area contributed by atoms with Gasteiger partial charge in [-0.2, -0.15) is 0 Å². The van der Waals surface area contributed by atoms with Gasteiger partial charge in [-0.1, -0.05) is 29.5 Å². The molecule has 0 atom stereocenters.